The van der Waals surface area contributed by atoms with Crippen LogP contribution in [0.2, 0.25) is 0 Å². The Balaban J connectivity index is 1.73. The molecule has 0 spiro atoms. The number of carbonyl (C=O) groups is 4. The number of rotatable bonds is 11. The second-order valence-corrected chi connectivity index (χ2v) is 10.4. The van der Waals surface area contributed by atoms with Gasteiger partial charge in [0.25, 0.3) is 0 Å². The monoisotopic (exact) mass is 545 g/mol. The SMILES string of the molecule is COC(=O)N(C)C(=O)Nc1ccc(Cc2ccc(NC(=O)OCCOC(=O)C(C)CSC(C)C)cc2)cc1. The molecule has 2 aromatic rings. The first-order chi connectivity index (χ1) is 18.1. The van der Waals surface area contributed by atoms with Gasteiger partial charge in [0.1, 0.15) is 13.2 Å². The van der Waals surface area contributed by atoms with Crippen LogP contribution in [0.4, 0.5) is 25.8 Å². The minimum absolute atomic E-state index is 0.00628. The molecule has 2 aromatic carbocycles. The van der Waals surface area contributed by atoms with Crippen LogP contribution in [0.3, 0.4) is 0 Å². The van der Waals surface area contributed by atoms with Crippen LogP contribution in [0, 0.1) is 5.92 Å². The molecule has 11 heteroatoms. The Morgan fingerprint density at radius 3 is 1.89 bits per heavy atom. The molecule has 0 fully saturated rings. The number of hydrogen-bond donors (Lipinski definition) is 2. The molecule has 4 amide bonds. The number of hydrogen-bond acceptors (Lipinski definition) is 8. The molecule has 0 aliphatic heterocycles. The van der Waals surface area contributed by atoms with Gasteiger partial charge < -0.3 is 19.5 Å². The summed E-state index contributed by atoms with van der Waals surface area (Å²) in [5.74, 6) is 0.171. The minimum Gasteiger partial charge on any atom is -0.462 e. The number of nitrogens with zero attached hydrogens (tertiary/aromatic N) is 1. The van der Waals surface area contributed by atoms with E-state index >= 15 is 0 Å². The van der Waals surface area contributed by atoms with Crippen molar-refractivity contribution in [3.8, 4) is 0 Å². The van der Waals surface area contributed by atoms with Gasteiger partial charge in [0.05, 0.1) is 13.0 Å². The number of imide groups is 1. The summed E-state index contributed by atoms with van der Waals surface area (Å²) in [5, 5.41) is 5.71. The minimum atomic E-state index is -0.757. The number of amides is 4. The highest BCUT2D eigenvalue weighted by Gasteiger charge is 2.17. The molecule has 0 radical (unpaired) electrons. The number of esters is 1. The lowest BCUT2D eigenvalue weighted by Gasteiger charge is -2.14. The fourth-order valence-electron chi connectivity index (χ4n) is 3.05. The second kappa shape index (κ2) is 15.5. The molecule has 0 saturated carbocycles. The molecule has 206 valence electrons. The van der Waals surface area contributed by atoms with Crippen LogP contribution in [-0.2, 0) is 25.4 Å². The van der Waals surface area contributed by atoms with Gasteiger partial charge in [-0.1, -0.05) is 45.0 Å². The van der Waals surface area contributed by atoms with Gasteiger partial charge in [-0.2, -0.15) is 11.8 Å². The van der Waals surface area contributed by atoms with E-state index in [-0.39, 0.29) is 25.1 Å². The van der Waals surface area contributed by atoms with Crippen molar-refractivity contribution in [2.45, 2.75) is 32.4 Å². The summed E-state index contributed by atoms with van der Waals surface area (Å²) in [7, 11) is 2.52. The van der Waals surface area contributed by atoms with Crippen molar-refractivity contribution >= 4 is 47.3 Å². The number of nitrogens with one attached hydrogen (secondary N) is 2. The predicted molar refractivity (Wildman–Crippen MR) is 148 cm³/mol. The van der Waals surface area contributed by atoms with E-state index in [1.54, 1.807) is 36.0 Å². The molecule has 38 heavy (non-hydrogen) atoms. The van der Waals surface area contributed by atoms with Crippen molar-refractivity contribution in [1.82, 2.24) is 4.90 Å². The van der Waals surface area contributed by atoms with Crippen LogP contribution < -0.4 is 10.6 Å². The average molecular weight is 546 g/mol. The van der Waals surface area contributed by atoms with E-state index in [1.807, 2.05) is 31.2 Å². The number of urea groups is 1. The number of benzene rings is 2. The van der Waals surface area contributed by atoms with Gasteiger partial charge >= 0.3 is 24.2 Å². The zero-order chi connectivity index (χ0) is 28.1. The summed E-state index contributed by atoms with van der Waals surface area (Å²) in [5.41, 5.74) is 3.14. The molecular formula is C27H35N3O7S. The summed E-state index contributed by atoms with van der Waals surface area (Å²) in [6.07, 6.45) is -0.749. The number of carbonyl (C=O) groups excluding carboxylic acids is 4. The Kier molecular flexibility index (Phi) is 12.4. The van der Waals surface area contributed by atoms with Gasteiger partial charge in [-0.15, -0.1) is 0 Å². The lowest BCUT2D eigenvalue weighted by molar-refractivity contribution is -0.148. The maximum absolute atomic E-state index is 12.0. The first-order valence-electron chi connectivity index (χ1n) is 12.1. The van der Waals surface area contributed by atoms with E-state index in [0.29, 0.717) is 28.8 Å². The van der Waals surface area contributed by atoms with E-state index in [2.05, 4.69) is 29.2 Å². The van der Waals surface area contributed by atoms with Crippen LogP contribution in [-0.4, -0.2) is 67.5 Å². The highest BCUT2D eigenvalue weighted by Crippen LogP contribution is 2.17. The van der Waals surface area contributed by atoms with Gasteiger partial charge in [0.15, 0.2) is 0 Å². The smallest absolute Gasteiger partial charge is 0.417 e. The normalized spacial score (nSPS) is 11.3. The molecule has 1 atom stereocenters. The van der Waals surface area contributed by atoms with Gasteiger partial charge in [-0.25, -0.2) is 19.3 Å². The Labute approximate surface area is 227 Å². The molecule has 10 nitrogen and oxygen atoms in total. The van der Waals surface area contributed by atoms with Crippen LogP contribution >= 0.6 is 11.8 Å². The largest absolute Gasteiger partial charge is 0.462 e. The summed E-state index contributed by atoms with van der Waals surface area (Å²) in [6, 6.07) is 13.9. The Morgan fingerprint density at radius 1 is 0.842 bits per heavy atom. The molecule has 0 heterocycles. The van der Waals surface area contributed by atoms with E-state index in [0.717, 1.165) is 16.0 Å². The van der Waals surface area contributed by atoms with Crippen molar-refractivity contribution < 1.29 is 33.4 Å². The molecule has 0 aliphatic carbocycles. The molecule has 0 aliphatic rings. The van der Waals surface area contributed by atoms with Crippen molar-refractivity contribution in [2.75, 3.05) is 43.8 Å². The maximum Gasteiger partial charge on any atom is 0.417 e. The topological polar surface area (TPSA) is 123 Å². The van der Waals surface area contributed by atoms with Crippen molar-refractivity contribution in [3.63, 3.8) is 0 Å². The Hall–Kier alpha value is -3.73. The molecule has 1 unspecified atom stereocenters. The highest BCUT2D eigenvalue weighted by molar-refractivity contribution is 7.99. The predicted octanol–water partition coefficient (Wildman–Crippen LogP) is 5.38. The third-order valence-electron chi connectivity index (χ3n) is 5.21. The summed E-state index contributed by atoms with van der Waals surface area (Å²) in [6.45, 7) is 5.93. The van der Waals surface area contributed by atoms with Gasteiger partial charge in [-0.3, -0.25) is 10.1 Å². The maximum atomic E-state index is 12.0. The van der Waals surface area contributed by atoms with Crippen LogP contribution in [0.5, 0.6) is 0 Å². The lowest BCUT2D eigenvalue weighted by Crippen LogP contribution is -2.36. The van der Waals surface area contributed by atoms with Crippen molar-refractivity contribution in [1.29, 1.82) is 0 Å². The number of methoxy groups -OCH3 is 1. The van der Waals surface area contributed by atoms with E-state index in [4.69, 9.17) is 9.47 Å². The molecule has 2 rings (SSSR count). The van der Waals surface area contributed by atoms with Crippen LogP contribution in [0.15, 0.2) is 48.5 Å². The van der Waals surface area contributed by atoms with Crippen LogP contribution in [0.1, 0.15) is 31.9 Å². The third-order valence-corrected chi connectivity index (χ3v) is 6.57. The number of thioether (sulfide) groups is 1. The van der Waals surface area contributed by atoms with E-state index < -0.39 is 18.2 Å². The zero-order valence-electron chi connectivity index (χ0n) is 22.3. The lowest BCUT2D eigenvalue weighted by atomic mass is 10.0. The fraction of sp³-hybridized carbons (Fsp3) is 0.407. The standard InChI is InChI=1S/C27H35N3O7S/c1-18(2)38-17-19(3)24(31)36-14-15-37-26(33)29-23-12-8-21(9-13-23)16-20-6-10-22(11-7-20)28-25(32)30(4)27(34)35-5/h6-13,18-19H,14-17H2,1-5H3,(H,28,32)(H,29,33). The van der Waals surface area contributed by atoms with Crippen LogP contribution in [0.25, 0.3) is 0 Å². The summed E-state index contributed by atoms with van der Waals surface area (Å²) < 4.78 is 14.8. The second-order valence-electron chi connectivity index (χ2n) is 8.74. The summed E-state index contributed by atoms with van der Waals surface area (Å²) in [4.78, 5) is 48.2. The first kappa shape index (κ1) is 30.5. The first-order valence-corrected chi connectivity index (χ1v) is 13.2. The highest BCUT2D eigenvalue weighted by atomic mass is 32.2. The van der Waals surface area contributed by atoms with Crippen molar-refractivity contribution in [2.24, 2.45) is 5.92 Å². The number of anilines is 2. The van der Waals surface area contributed by atoms with Gasteiger partial charge in [0, 0.05) is 24.2 Å². The number of ether oxygens (including phenoxy) is 3. The summed E-state index contributed by atoms with van der Waals surface area (Å²) >= 11 is 1.69. The molecule has 2 N–H and O–H groups in total. The van der Waals surface area contributed by atoms with E-state index in [1.165, 1.54) is 14.2 Å². The third kappa shape index (κ3) is 10.7. The Bertz CT molecular complexity index is 1080. The quantitative estimate of drug-likeness (QED) is 0.219. The molecule has 0 saturated heterocycles. The fourth-order valence-corrected chi connectivity index (χ4v) is 3.86. The Morgan fingerprint density at radius 2 is 1.37 bits per heavy atom. The van der Waals surface area contributed by atoms with Crippen molar-refractivity contribution in [3.05, 3.63) is 59.7 Å². The molecule has 0 bridgehead atoms. The molecule has 0 aromatic heterocycles. The van der Waals surface area contributed by atoms with E-state index in [9.17, 15) is 19.2 Å². The van der Waals surface area contributed by atoms with Gasteiger partial charge in [0.2, 0.25) is 0 Å². The zero-order valence-corrected chi connectivity index (χ0v) is 23.1. The molecular weight excluding hydrogens is 510 g/mol. The van der Waals surface area contributed by atoms with Gasteiger partial charge in [-0.05, 0) is 47.1 Å². The average Bonchev–Trinajstić information content (AvgIpc) is 2.90.